The number of nitrogens with zero attached hydrogens (tertiary/aromatic N) is 3. The molecule has 0 spiro atoms. The van der Waals surface area contributed by atoms with Crippen molar-refractivity contribution in [1.29, 1.82) is 0 Å². The average molecular weight is 677 g/mol. The molecule has 13 nitrogen and oxygen atoms in total. The summed E-state index contributed by atoms with van der Waals surface area (Å²) in [7, 11) is -2.92. The third kappa shape index (κ3) is 8.75. The number of carbonyl (C=O) groups is 4. The fraction of sp³-hybridized carbons (Fsp3) is 0.643. The zero-order valence-electron chi connectivity index (χ0n) is 24.6. The molecule has 0 unspecified atom stereocenters. The van der Waals surface area contributed by atoms with E-state index in [0.717, 1.165) is 17.1 Å². The van der Waals surface area contributed by atoms with Crippen LogP contribution < -0.4 is 10.6 Å². The second kappa shape index (κ2) is 15.6. The maximum atomic E-state index is 13.3. The van der Waals surface area contributed by atoms with Crippen molar-refractivity contribution in [3.05, 3.63) is 28.2 Å². The van der Waals surface area contributed by atoms with Gasteiger partial charge < -0.3 is 29.9 Å². The number of amides is 4. The van der Waals surface area contributed by atoms with Crippen LogP contribution in [0, 0.1) is 5.92 Å². The Morgan fingerprint density at radius 3 is 2.27 bits per heavy atom. The van der Waals surface area contributed by atoms with Crippen LogP contribution in [-0.4, -0.2) is 118 Å². The molecule has 3 heterocycles. The maximum absolute atomic E-state index is 13.3. The molecule has 1 aromatic carbocycles. The first-order valence-corrected chi connectivity index (χ1v) is 16.9. The quantitative estimate of drug-likeness (QED) is 0.356. The minimum atomic E-state index is -4.10. The monoisotopic (exact) mass is 675 g/mol. The summed E-state index contributed by atoms with van der Waals surface area (Å²) in [6.07, 6.45) is 2.16. The van der Waals surface area contributed by atoms with Gasteiger partial charge in [-0.2, -0.15) is 4.31 Å². The number of rotatable bonds is 10. The van der Waals surface area contributed by atoms with Crippen molar-refractivity contribution in [3.8, 4) is 0 Å². The Kier molecular flexibility index (Phi) is 12.1. The van der Waals surface area contributed by atoms with Crippen LogP contribution in [0.25, 0.3) is 0 Å². The molecule has 2 N–H and O–H groups in total. The maximum Gasteiger partial charge on any atom is 0.328 e. The summed E-state index contributed by atoms with van der Waals surface area (Å²) in [6, 6.07) is 1.66. The van der Waals surface area contributed by atoms with Crippen LogP contribution in [0.2, 0.25) is 10.0 Å². The molecule has 3 fully saturated rings. The normalized spacial score (nSPS) is 20.7. The van der Waals surface area contributed by atoms with Crippen molar-refractivity contribution in [2.45, 2.75) is 55.5 Å². The molecule has 3 aliphatic heterocycles. The van der Waals surface area contributed by atoms with Gasteiger partial charge in [-0.25, -0.2) is 18.0 Å². The number of methoxy groups -OCH3 is 1. The SMILES string of the molecule is COC(=O)[C@H](CCC(=O)N1CCC(CNC(=O)N2CCOCC2)CC1)NC(=O)[C@@H]1CCCN1S(=O)(=O)c1cc(Cl)cc(Cl)c1. The van der Waals surface area contributed by atoms with Gasteiger partial charge in [0, 0.05) is 55.7 Å². The molecule has 0 saturated carbocycles. The molecular weight excluding hydrogens is 637 g/mol. The molecule has 2 atom stereocenters. The van der Waals surface area contributed by atoms with Gasteiger partial charge in [-0.05, 0) is 56.2 Å². The van der Waals surface area contributed by atoms with Gasteiger partial charge >= 0.3 is 12.0 Å². The van der Waals surface area contributed by atoms with Gasteiger partial charge in [-0.15, -0.1) is 0 Å². The lowest BCUT2D eigenvalue weighted by molar-refractivity contribution is -0.146. The number of urea groups is 1. The van der Waals surface area contributed by atoms with Crippen LogP contribution in [0.5, 0.6) is 0 Å². The summed E-state index contributed by atoms with van der Waals surface area (Å²) >= 11 is 12.0. The summed E-state index contributed by atoms with van der Waals surface area (Å²) in [6.45, 7) is 3.91. The van der Waals surface area contributed by atoms with E-state index in [0.29, 0.717) is 52.4 Å². The highest BCUT2D eigenvalue weighted by molar-refractivity contribution is 7.89. The largest absolute Gasteiger partial charge is 0.467 e. The predicted molar refractivity (Wildman–Crippen MR) is 162 cm³/mol. The van der Waals surface area contributed by atoms with Gasteiger partial charge in [0.25, 0.3) is 0 Å². The van der Waals surface area contributed by atoms with Crippen molar-refractivity contribution in [1.82, 2.24) is 24.7 Å². The Bertz CT molecular complexity index is 1300. The van der Waals surface area contributed by atoms with E-state index in [1.54, 1.807) is 9.80 Å². The van der Waals surface area contributed by atoms with Crippen molar-refractivity contribution in [2.24, 2.45) is 5.92 Å². The van der Waals surface area contributed by atoms with E-state index in [2.05, 4.69) is 10.6 Å². The van der Waals surface area contributed by atoms with Gasteiger partial charge in [0.15, 0.2) is 0 Å². The van der Waals surface area contributed by atoms with E-state index >= 15 is 0 Å². The molecule has 0 aromatic heterocycles. The smallest absolute Gasteiger partial charge is 0.328 e. The lowest BCUT2D eigenvalue weighted by Crippen LogP contribution is -2.51. The second-order valence-corrected chi connectivity index (χ2v) is 13.9. The molecule has 0 radical (unpaired) electrons. The van der Waals surface area contributed by atoms with E-state index in [4.69, 9.17) is 32.7 Å². The molecule has 16 heteroatoms. The molecule has 0 aliphatic carbocycles. The number of halogens is 2. The number of sulfonamides is 1. The molecular formula is C28H39Cl2N5O8S. The first kappa shape index (κ1) is 34.2. The van der Waals surface area contributed by atoms with Crippen LogP contribution in [0.4, 0.5) is 4.79 Å². The van der Waals surface area contributed by atoms with E-state index in [1.165, 1.54) is 25.3 Å². The molecule has 1 aromatic rings. The average Bonchev–Trinajstić information content (AvgIpc) is 3.53. The number of piperidine rings is 1. The number of carbonyl (C=O) groups excluding carboxylic acids is 4. The highest BCUT2D eigenvalue weighted by Gasteiger charge is 2.41. The van der Waals surface area contributed by atoms with Crippen LogP contribution in [0.3, 0.4) is 0 Å². The van der Waals surface area contributed by atoms with E-state index in [1.807, 2.05) is 0 Å². The second-order valence-electron chi connectivity index (χ2n) is 11.1. The van der Waals surface area contributed by atoms with Crippen LogP contribution in [-0.2, 0) is 33.9 Å². The number of nitrogens with one attached hydrogen (secondary N) is 2. The van der Waals surface area contributed by atoms with Crippen LogP contribution >= 0.6 is 23.2 Å². The molecule has 3 aliphatic rings. The summed E-state index contributed by atoms with van der Waals surface area (Å²) in [5, 5.41) is 5.88. The van der Waals surface area contributed by atoms with Crippen molar-refractivity contribution >= 4 is 57.0 Å². The molecule has 0 bridgehead atoms. The molecule has 3 saturated heterocycles. The third-order valence-electron chi connectivity index (χ3n) is 8.21. The Labute approximate surface area is 267 Å². The van der Waals surface area contributed by atoms with E-state index in [-0.39, 0.29) is 58.6 Å². The van der Waals surface area contributed by atoms with Gasteiger partial charge in [0.05, 0.1) is 25.2 Å². The minimum Gasteiger partial charge on any atom is -0.467 e. The number of hydrogen-bond acceptors (Lipinski definition) is 8. The number of ether oxygens (including phenoxy) is 2. The Morgan fingerprint density at radius 1 is 0.977 bits per heavy atom. The highest BCUT2D eigenvalue weighted by atomic mass is 35.5. The lowest BCUT2D eigenvalue weighted by atomic mass is 9.96. The summed E-state index contributed by atoms with van der Waals surface area (Å²) < 4.78 is 37.9. The van der Waals surface area contributed by atoms with E-state index < -0.39 is 34.0 Å². The Hall–Kier alpha value is -2.65. The highest BCUT2D eigenvalue weighted by Crippen LogP contribution is 2.30. The standard InChI is InChI=1S/C28H39Cl2N5O8S/c1-42-27(38)23(32-26(37)24-3-2-8-35(24)44(40,41)22-16-20(29)15-21(30)17-22)4-5-25(36)33-9-6-19(7-10-33)18-31-28(39)34-11-13-43-14-12-34/h15-17,19,23-24H,2-14,18H2,1H3,(H,31,39)(H,32,37)/t23-,24-/m0/s1. The number of benzene rings is 1. The zero-order valence-corrected chi connectivity index (χ0v) is 27.0. The molecule has 4 rings (SSSR count). The molecule has 4 amide bonds. The number of likely N-dealkylation sites (tertiary alicyclic amines) is 1. The minimum absolute atomic E-state index is 0.00382. The van der Waals surface area contributed by atoms with Crippen LogP contribution in [0.1, 0.15) is 38.5 Å². The van der Waals surface area contributed by atoms with Crippen molar-refractivity contribution in [2.75, 3.05) is 59.6 Å². The fourth-order valence-electron chi connectivity index (χ4n) is 5.68. The van der Waals surface area contributed by atoms with E-state index in [9.17, 15) is 27.6 Å². The number of esters is 1. The summed E-state index contributed by atoms with van der Waals surface area (Å²) in [5.41, 5.74) is 0. The number of hydrogen-bond donors (Lipinski definition) is 2. The Morgan fingerprint density at radius 2 is 1.64 bits per heavy atom. The first-order valence-electron chi connectivity index (χ1n) is 14.7. The zero-order chi connectivity index (χ0) is 31.9. The van der Waals surface area contributed by atoms with Crippen LogP contribution in [0.15, 0.2) is 23.1 Å². The van der Waals surface area contributed by atoms with Gasteiger partial charge in [-0.1, -0.05) is 23.2 Å². The predicted octanol–water partition coefficient (Wildman–Crippen LogP) is 1.86. The molecule has 244 valence electrons. The number of morpholine rings is 1. The summed E-state index contributed by atoms with van der Waals surface area (Å²) in [5.74, 6) is -1.29. The lowest BCUT2D eigenvalue weighted by Gasteiger charge is -2.33. The topological polar surface area (TPSA) is 155 Å². The molecule has 44 heavy (non-hydrogen) atoms. The van der Waals surface area contributed by atoms with Gasteiger partial charge in [-0.3, -0.25) is 9.59 Å². The first-order chi connectivity index (χ1) is 21.0. The Balaban J connectivity index is 1.27. The van der Waals surface area contributed by atoms with Crippen molar-refractivity contribution < 1.29 is 37.1 Å². The third-order valence-corrected chi connectivity index (χ3v) is 10.5. The summed E-state index contributed by atoms with van der Waals surface area (Å²) in [4.78, 5) is 54.5. The van der Waals surface area contributed by atoms with Gasteiger partial charge in [0.1, 0.15) is 12.1 Å². The fourth-order valence-corrected chi connectivity index (χ4v) is 8.07. The van der Waals surface area contributed by atoms with Gasteiger partial charge in [0.2, 0.25) is 21.8 Å². The van der Waals surface area contributed by atoms with Crippen molar-refractivity contribution in [3.63, 3.8) is 0 Å².